The van der Waals surface area contributed by atoms with E-state index in [0.29, 0.717) is 5.82 Å². The van der Waals surface area contributed by atoms with E-state index >= 15 is 0 Å². The van der Waals surface area contributed by atoms with Crippen molar-refractivity contribution in [1.29, 1.82) is 0 Å². The molecule has 0 radical (unpaired) electrons. The van der Waals surface area contributed by atoms with Gasteiger partial charge in [0.05, 0.1) is 10.6 Å². The van der Waals surface area contributed by atoms with Gasteiger partial charge in [0.15, 0.2) is 5.82 Å². The largest absolute Gasteiger partial charge is 0.309 e. The van der Waals surface area contributed by atoms with Gasteiger partial charge >= 0.3 is 0 Å². The van der Waals surface area contributed by atoms with Gasteiger partial charge in [0.1, 0.15) is 0 Å². The number of carbonyl (C=O) groups is 1. The average Bonchev–Trinajstić information content (AvgIpc) is 3.25. The van der Waals surface area contributed by atoms with E-state index in [2.05, 4.69) is 46.0 Å². The van der Waals surface area contributed by atoms with Crippen molar-refractivity contribution in [2.45, 2.75) is 19.8 Å². The van der Waals surface area contributed by atoms with Crippen LogP contribution in [0.15, 0.2) is 41.8 Å². The lowest BCUT2D eigenvalue weighted by Crippen LogP contribution is -2.23. The van der Waals surface area contributed by atoms with Crippen molar-refractivity contribution < 1.29 is 4.79 Å². The molecular formula is C18H17N3OS. The molecular weight excluding hydrogens is 306 g/mol. The smallest absolute Gasteiger partial charge is 0.229 e. The van der Waals surface area contributed by atoms with E-state index in [1.165, 1.54) is 16.7 Å². The van der Waals surface area contributed by atoms with Gasteiger partial charge < -0.3 is 5.32 Å². The topological polar surface area (TPSA) is 57.8 Å². The van der Waals surface area contributed by atoms with Gasteiger partial charge in [-0.2, -0.15) is 5.10 Å². The highest BCUT2D eigenvalue weighted by Gasteiger charge is 2.27. The van der Waals surface area contributed by atoms with Gasteiger partial charge in [0, 0.05) is 12.0 Å². The third-order valence-corrected chi connectivity index (χ3v) is 5.33. The van der Waals surface area contributed by atoms with E-state index in [4.69, 9.17) is 0 Å². The zero-order valence-corrected chi connectivity index (χ0v) is 13.6. The number of thiophene rings is 1. The van der Waals surface area contributed by atoms with Crippen molar-refractivity contribution in [1.82, 2.24) is 10.2 Å². The summed E-state index contributed by atoms with van der Waals surface area (Å²) in [6, 6.07) is 12.3. The fraction of sp³-hybridized carbons (Fsp3) is 0.222. The molecule has 4 rings (SSSR count). The second-order valence-corrected chi connectivity index (χ2v) is 6.93. The summed E-state index contributed by atoms with van der Waals surface area (Å²) < 4.78 is 0. The number of anilines is 1. The maximum Gasteiger partial charge on any atom is 0.229 e. The number of fused-ring (bicyclic) bond motifs is 1. The first kappa shape index (κ1) is 14.2. The van der Waals surface area contributed by atoms with Crippen LogP contribution in [0.2, 0.25) is 0 Å². The molecule has 0 atom stereocenters. The molecule has 2 heterocycles. The first-order valence-electron chi connectivity index (χ1n) is 7.67. The summed E-state index contributed by atoms with van der Waals surface area (Å²) >= 11 is 1.67. The monoisotopic (exact) mass is 323 g/mol. The van der Waals surface area contributed by atoms with Gasteiger partial charge in [-0.1, -0.05) is 24.3 Å². The predicted octanol–water partition coefficient (Wildman–Crippen LogP) is 3.80. The molecule has 2 aromatic heterocycles. The summed E-state index contributed by atoms with van der Waals surface area (Å²) in [4.78, 5) is 13.6. The number of benzene rings is 1. The molecule has 3 aromatic rings. The highest BCUT2D eigenvalue weighted by Crippen LogP contribution is 2.29. The van der Waals surface area contributed by atoms with Crippen LogP contribution < -0.4 is 5.32 Å². The standard InChI is InChI=1S/C18H17N3OS/c1-11-6-16(23-10-11)15-9-17(21-20-15)19-18(22)14-7-12-4-2-3-5-13(12)8-14/h2-6,9-10,14H,7-8H2,1H3,(H2,19,20,21,22). The molecule has 0 saturated carbocycles. The predicted molar refractivity (Wildman–Crippen MR) is 92.6 cm³/mol. The lowest BCUT2D eigenvalue weighted by atomic mass is 10.1. The molecule has 0 spiro atoms. The van der Waals surface area contributed by atoms with E-state index in [-0.39, 0.29) is 11.8 Å². The highest BCUT2D eigenvalue weighted by atomic mass is 32.1. The Labute approximate surface area is 138 Å². The molecule has 0 bridgehead atoms. The number of aromatic amines is 1. The molecule has 0 saturated heterocycles. The summed E-state index contributed by atoms with van der Waals surface area (Å²) in [5, 5.41) is 12.2. The Morgan fingerprint density at radius 1 is 1.26 bits per heavy atom. The first-order chi connectivity index (χ1) is 11.2. The number of hydrogen-bond acceptors (Lipinski definition) is 3. The summed E-state index contributed by atoms with van der Waals surface area (Å²) in [6.07, 6.45) is 1.62. The SMILES string of the molecule is Cc1csc(-c2cc(NC(=O)C3Cc4ccccc4C3)n[nH]2)c1. The van der Waals surface area contributed by atoms with E-state index < -0.39 is 0 Å². The maximum absolute atomic E-state index is 12.5. The quantitative estimate of drug-likeness (QED) is 0.770. The second-order valence-electron chi connectivity index (χ2n) is 6.02. The summed E-state index contributed by atoms with van der Waals surface area (Å²) in [7, 11) is 0. The fourth-order valence-corrected chi connectivity index (χ4v) is 3.92. The Balaban J connectivity index is 1.45. The molecule has 4 nitrogen and oxygen atoms in total. The van der Waals surface area contributed by atoms with Crippen LogP contribution in [0.5, 0.6) is 0 Å². The van der Waals surface area contributed by atoms with E-state index in [1.54, 1.807) is 11.3 Å². The first-order valence-corrected chi connectivity index (χ1v) is 8.55. The van der Waals surface area contributed by atoms with Gasteiger partial charge in [-0.15, -0.1) is 11.3 Å². The van der Waals surface area contributed by atoms with Gasteiger partial charge in [0.25, 0.3) is 0 Å². The molecule has 116 valence electrons. The summed E-state index contributed by atoms with van der Waals surface area (Å²) in [5.41, 5.74) is 4.73. The third-order valence-electron chi connectivity index (χ3n) is 4.25. The van der Waals surface area contributed by atoms with Gasteiger partial charge in [0.2, 0.25) is 5.91 Å². The highest BCUT2D eigenvalue weighted by molar-refractivity contribution is 7.13. The summed E-state index contributed by atoms with van der Waals surface area (Å²) in [5.74, 6) is 0.630. The Morgan fingerprint density at radius 3 is 2.65 bits per heavy atom. The van der Waals surface area contributed by atoms with Gasteiger partial charge in [-0.3, -0.25) is 9.89 Å². The van der Waals surface area contributed by atoms with Crippen molar-refractivity contribution in [3.63, 3.8) is 0 Å². The van der Waals surface area contributed by atoms with Crippen LogP contribution in [0.1, 0.15) is 16.7 Å². The number of nitrogens with zero attached hydrogens (tertiary/aromatic N) is 1. The van der Waals surface area contributed by atoms with Crippen molar-refractivity contribution in [2.24, 2.45) is 5.92 Å². The van der Waals surface area contributed by atoms with Crippen LogP contribution in [0, 0.1) is 12.8 Å². The average molecular weight is 323 g/mol. The Hall–Kier alpha value is -2.40. The summed E-state index contributed by atoms with van der Waals surface area (Å²) in [6.45, 7) is 2.07. The van der Waals surface area contributed by atoms with Crippen LogP contribution in [0.4, 0.5) is 5.82 Å². The van der Waals surface area contributed by atoms with Crippen LogP contribution in [-0.4, -0.2) is 16.1 Å². The molecule has 1 amide bonds. The van der Waals surface area contributed by atoms with E-state index in [0.717, 1.165) is 23.4 Å². The van der Waals surface area contributed by atoms with E-state index in [1.807, 2.05) is 18.2 Å². The van der Waals surface area contributed by atoms with Crippen LogP contribution in [-0.2, 0) is 17.6 Å². The van der Waals surface area contributed by atoms with E-state index in [9.17, 15) is 4.79 Å². The number of nitrogens with one attached hydrogen (secondary N) is 2. The molecule has 23 heavy (non-hydrogen) atoms. The minimum absolute atomic E-state index is 0.00321. The van der Waals surface area contributed by atoms with Crippen molar-refractivity contribution in [2.75, 3.05) is 5.32 Å². The lowest BCUT2D eigenvalue weighted by Gasteiger charge is -2.07. The molecule has 5 heteroatoms. The number of aromatic nitrogens is 2. The minimum atomic E-state index is -0.00321. The molecule has 1 aliphatic rings. The number of H-pyrrole nitrogens is 1. The normalized spacial score (nSPS) is 14.0. The molecule has 1 aromatic carbocycles. The zero-order chi connectivity index (χ0) is 15.8. The number of aryl methyl sites for hydroxylation is 1. The maximum atomic E-state index is 12.5. The Kier molecular flexibility index (Phi) is 3.50. The number of carbonyl (C=O) groups excluding carboxylic acids is 1. The minimum Gasteiger partial charge on any atom is -0.309 e. The van der Waals surface area contributed by atoms with Crippen LogP contribution in [0.25, 0.3) is 10.6 Å². The Bertz CT molecular complexity index is 840. The zero-order valence-electron chi connectivity index (χ0n) is 12.8. The molecule has 0 fully saturated rings. The number of amides is 1. The fourth-order valence-electron chi connectivity index (χ4n) is 3.06. The molecule has 0 unspecified atom stereocenters. The molecule has 0 aliphatic heterocycles. The third kappa shape index (κ3) is 2.80. The number of hydrogen-bond donors (Lipinski definition) is 2. The van der Waals surface area contributed by atoms with Crippen LogP contribution in [0.3, 0.4) is 0 Å². The molecule has 2 N–H and O–H groups in total. The lowest BCUT2D eigenvalue weighted by molar-refractivity contribution is -0.119. The van der Waals surface area contributed by atoms with Crippen LogP contribution >= 0.6 is 11.3 Å². The van der Waals surface area contributed by atoms with Crippen molar-refractivity contribution in [3.05, 3.63) is 58.5 Å². The molecule has 1 aliphatic carbocycles. The van der Waals surface area contributed by atoms with Crippen molar-refractivity contribution >= 4 is 23.1 Å². The van der Waals surface area contributed by atoms with Gasteiger partial charge in [-0.25, -0.2) is 0 Å². The Morgan fingerprint density at radius 2 is 2.00 bits per heavy atom. The van der Waals surface area contributed by atoms with Crippen molar-refractivity contribution in [3.8, 4) is 10.6 Å². The van der Waals surface area contributed by atoms with Gasteiger partial charge in [-0.05, 0) is 47.9 Å². The number of rotatable bonds is 3. The second kappa shape index (κ2) is 5.66.